The van der Waals surface area contributed by atoms with Gasteiger partial charge in [-0.2, -0.15) is 0 Å². The van der Waals surface area contributed by atoms with E-state index >= 15 is 0 Å². The summed E-state index contributed by atoms with van der Waals surface area (Å²) in [5.74, 6) is 0.701. The second-order valence-electron chi connectivity index (χ2n) is 3.68. The Labute approximate surface area is 89.4 Å². The SMILES string of the molecule is CC(C)[As](SCC(O)CO)C(C)C. The molecular formula is C9H21AsO2S. The Morgan fingerprint density at radius 2 is 1.62 bits per heavy atom. The van der Waals surface area contributed by atoms with Gasteiger partial charge in [0.2, 0.25) is 0 Å². The summed E-state index contributed by atoms with van der Waals surface area (Å²) in [5, 5.41) is 17.9. The molecule has 2 N–H and O–H groups in total. The van der Waals surface area contributed by atoms with Crippen LogP contribution in [0.3, 0.4) is 0 Å². The predicted octanol–water partition coefficient (Wildman–Crippen LogP) is 1.88. The third kappa shape index (κ3) is 6.00. The Balaban J connectivity index is 3.83. The van der Waals surface area contributed by atoms with E-state index in [2.05, 4.69) is 27.7 Å². The summed E-state index contributed by atoms with van der Waals surface area (Å²) >= 11 is -0.874. The van der Waals surface area contributed by atoms with Gasteiger partial charge >= 0.3 is 89.3 Å². The van der Waals surface area contributed by atoms with Crippen molar-refractivity contribution >= 4 is 23.5 Å². The van der Waals surface area contributed by atoms with Crippen LogP contribution in [0.15, 0.2) is 0 Å². The Morgan fingerprint density at radius 3 is 1.92 bits per heavy atom. The molecule has 0 fully saturated rings. The minimum atomic E-state index is -0.874. The van der Waals surface area contributed by atoms with Gasteiger partial charge < -0.3 is 0 Å². The molecule has 0 aliphatic rings. The molecule has 1 unspecified atom stereocenters. The summed E-state index contributed by atoms with van der Waals surface area (Å²) in [6.45, 7) is 8.94. The van der Waals surface area contributed by atoms with Gasteiger partial charge in [-0.3, -0.25) is 0 Å². The van der Waals surface area contributed by atoms with Crippen LogP contribution in [0.5, 0.6) is 0 Å². The van der Waals surface area contributed by atoms with E-state index in [-0.39, 0.29) is 6.61 Å². The van der Waals surface area contributed by atoms with Crippen molar-refractivity contribution in [2.75, 3.05) is 12.4 Å². The van der Waals surface area contributed by atoms with Gasteiger partial charge in [0.05, 0.1) is 0 Å². The van der Waals surface area contributed by atoms with E-state index in [4.69, 9.17) is 5.11 Å². The molecule has 4 heteroatoms. The summed E-state index contributed by atoms with van der Waals surface area (Å²) in [6, 6.07) is 0. The topological polar surface area (TPSA) is 40.5 Å². The van der Waals surface area contributed by atoms with Crippen LogP contribution in [0.25, 0.3) is 0 Å². The van der Waals surface area contributed by atoms with Gasteiger partial charge in [0.15, 0.2) is 0 Å². The van der Waals surface area contributed by atoms with Crippen LogP contribution in [0, 0.1) is 0 Å². The van der Waals surface area contributed by atoms with Crippen molar-refractivity contribution in [1.82, 2.24) is 0 Å². The zero-order valence-electron chi connectivity index (χ0n) is 8.90. The van der Waals surface area contributed by atoms with Gasteiger partial charge in [-0.05, 0) is 0 Å². The molecule has 0 heterocycles. The minimum absolute atomic E-state index is 0.106. The molecule has 0 aromatic heterocycles. The predicted molar refractivity (Wildman–Crippen MR) is 61.5 cm³/mol. The molecule has 0 radical (unpaired) electrons. The molecule has 0 bridgehead atoms. The van der Waals surface area contributed by atoms with E-state index in [9.17, 15) is 5.11 Å². The van der Waals surface area contributed by atoms with Crippen LogP contribution in [0.4, 0.5) is 0 Å². The summed E-state index contributed by atoms with van der Waals surface area (Å²) in [5.41, 5.74) is 0. The second kappa shape index (κ2) is 7.16. The molecule has 1 atom stereocenters. The number of aliphatic hydroxyl groups excluding tert-OH is 2. The average molecular weight is 268 g/mol. The van der Waals surface area contributed by atoms with Gasteiger partial charge in [-0.1, -0.05) is 0 Å². The molecule has 0 aromatic rings. The third-order valence-corrected chi connectivity index (χ3v) is 13.9. The van der Waals surface area contributed by atoms with E-state index < -0.39 is 19.6 Å². The Bertz CT molecular complexity index is 123. The summed E-state index contributed by atoms with van der Waals surface area (Å²) in [6.07, 6.45) is -0.528. The van der Waals surface area contributed by atoms with Crippen LogP contribution in [0.2, 0.25) is 9.41 Å². The molecule has 0 aromatic carbocycles. The third-order valence-electron chi connectivity index (χ3n) is 1.64. The molecule has 0 aliphatic carbocycles. The number of hydrogen-bond donors (Lipinski definition) is 2. The fraction of sp³-hybridized carbons (Fsp3) is 1.00. The van der Waals surface area contributed by atoms with Crippen molar-refractivity contribution in [1.29, 1.82) is 0 Å². The van der Waals surface area contributed by atoms with Crippen LogP contribution >= 0.6 is 10.0 Å². The normalized spacial score (nSPS) is 14.5. The molecule has 0 spiro atoms. The van der Waals surface area contributed by atoms with E-state index in [1.54, 1.807) is 0 Å². The summed E-state index contributed by atoms with van der Waals surface area (Å²) in [7, 11) is 1.91. The van der Waals surface area contributed by atoms with Crippen molar-refractivity contribution in [3.8, 4) is 0 Å². The maximum absolute atomic E-state index is 9.22. The molecule has 0 saturated carbocycles. The molecular weight excluding hydrogens is 247 g/mol. The zero-order valence-corrected chi connectivity index (χ0v) is 11.6. The first-order valence-corrected chi connectivity index (χ1v) is 10.1. The van der Waals surface area contributed by atoms with E-state index in [0.29, 0.717) is 5.75 Å². The van der Waals surface area contributed by atoms with Crippen molar-refractivity contribution in [2.45, 2.75) is 43.2 Å². The summed E-state index contributed by atoms with van der Waals surface area (Å²) < 4.78 is 1.53. The standard InChI is InChI=1S/C9H21AsO2S/c1-7(2)10(8(3)4)13-6-9(12)5-11/h7-9,11-12H,5-6H2,1-4H3. The molecule has 2 nitrogen and oxygen atoms in total. The monoisotopic (exact) mass is 268 g/mol. The second-order valence-corrected chi connectivity index (χ2v) is 13.9. The van der Waals surface area contributed by atoms with Crippen molar-refractivity contribution < 1.29 is 10.2 Å². The number of aliphatic hydroxyl groups is 2. The van der Waals surface area contributed by atoms with Gasteiger partial charge in [0, 0.05) is 0 Å². The Hall–Kier alpha value is 0.828. The van der Waals surface area contributed by atoms with Crippen LogP contribution in [0.1, 0.15) is 27.7 Å². The molecule has 80 valence electrons. The molecule has 0 amide bonds. The van der Waals surface area contributed by atoms with Crippen molar-refractivity contribution in [3.63, 3.8) is 0 Å². The first-order chi connectivity index (χ1) is 5.99. The first kappa shape index (κ1) is 13.8. The fourth-order valence-electron chi connectivity index (χ4n) is 1.12. The maximum atomic E-state index is 9.22. The number of hydrogen-bond acceptors (Lipinski definition) is 3. The van der Waals surface area contributed by atoms with Crippen LogP contribution in [-0.2, 0) is 0 Å². The van der Waals surface area contributed by atoms with E-state index in [1.165, 1.54) is 0 Å². The molecule has 13 heavy (non-hydrogen) atoms. The van der Waals surface area contributed by atoms with Crippen molar-refractivity contribution in [2.24, 2.45) is 0 Å². The van der Waals surface area contributed by atoms with Crippen LogP contribution in [-0.4, -0.2) is 42.2 Å². The van der Waals surface area contributed by atoms with Gasteiger partial charge in [-0.15, -0.1) is 0 Å². The van der Waals surface area contributed by atoms with Gasteiger partial charge in [0.1, 0.15) is 0 Å². The van der Waals surface area contributed by atoms with Crippen LogP contribution < -0.4 is 0 Å². The van der Waals surface area contributed by atoms with Gasteiger partial charge in [0.25, 0.3) is 0 Å². The molecule has 0 rings (SSSR count). The van der Waals surface area contributed by atoms with E-state index in [0.717, 1.165) is 9.41 Å². The first-order valence-electron chi connectivity index (χ1n) is 4.69. The Kier molecular flexibility index (Phi) is 7.62. The van der Waals surface area contributed by atoms with E-state index in [1.807, 2.05) is 10.0 Å². The molecule has 0 saturated heterocycles. The fourth-order valence-corrected chi connectivity index (χ4v) is 10.6. The van der Waals surface area contributed by atoms with Gasteiger partial charge in [-0.25, -0.2) is 0 Å². The van der Waals surface area contributed by atoms with Crippen molar-refractivity contribution in [3.05, 3.63) is 0 Å². The Morgan fingerprint density at radius 1 is 1.15 bits per heavy atom. The number of rotatable bonds is 6. The quantitative estimate of drug-likeness (QED) is 0.723. The molecule has 0 aliphatic heterocycles. The zero-order chi connectivity index (χ0) is 10.4. The summed E-state index contributed by atoms with van der Waals surface area (Å²) in [4.78, 5) is 0. The average Bonchev–Trinajstić information content (AvgIpc) is 2.03.